The van der Waals surface area contributed by atoms with Crippen molar-refractivity contribution >= 4 is 46.7 Å². The third-order valence-electron chi connectivity index (χ3n) is 2.39. The molecule has 0 fully saturated rings. The van der Waals surface area contributed by atoms with Gasteiger partial charge in [0.25, 0.3) is 5.91 Å². The highest BCUT2D eigenvalue weighted by Crippen LogP contribution is 2.27. The van der Waals surface area contributed by atoms with Gasteiger partial charge in [-0.2, -0.15) is 5.10 Å². The van der Waals surface area contributed by atoms with E-state index in [0.717, 1.165) is 4.88 Å². The summed E-state index contributed by atoms with van der Waals surface area (Å²) in [5, 5.41) is 4.73. The van der Waals surface area contributed by atoms with Crippen molar-refractivity contribution in [1.82, 2.24) is 5.43 Å². The van der Waals surface area contributed by atoms with Crippen molar-refractivity contribution in [2.75, 3.05) is 6.61 Å². The number of benzene rings is 1. The molecule has 1 heterocycles. The number of hydrogen-bond donors (Lipinski definition) is 1. The van der Waals surface area contributed by atoms with Crippen LogP contribution in [-0.2, 0) is 4.79 Å². The number of aryl methyl sites for hydroxylation is 1. The van der Waals surface area contributed by atoms with Crippen LogP contribution in [0.4, 0.5) is 0 Å². The summed E-state index contributed by atoms with van der Waals surface area (Å²) >= 11 is 13.3. The molecule has 0 saturated heterocycles. The highest BCUT2D eigenvalue weighted by molar-refractivity contribution is 7.13. The zero-order valence-corrected chi connectivity index (χ0v) is 13.4. The lowest BCUT2D eigenvalue weighted by Gasteiger charge is -2.07. The monoisotopic (exact) mass is 342 g/mol. The fourth-order valence-electron chi connectivity index (χ4n) is 1.45. The van der Waals surface area contributed by atoms with Gasteiger partial charge in [-0.15, -0.1) is 11.3 Å². The molecule has 0 unspecified atom stereocenters. The minimum atomic E-state index is -0.379. The molecule has 110 valence electrons. The Bertz CT molecular complexity index is 671. The van der Waals surface area contributed by atoms with Crippen molar-refractivity contribution in [3.05, 3.63) is 50.1 Å². The molecule has 1 aromatic heterocycles. The molecule has 2 rings (SSSR count). The minimum absolute atomic E-state index is 0.194. The van der Waals surface area contributed by atoms with E-state index in [1.807, 2.05) is 19.1 Å². The molecule has 0 aliphatic carbocycles. The molecule has 0 aliphatic rings. The summed E-state index contributed by atoms with van der Waals surface area (Å²) in [7, 11) is 0. The number of carbonyl (C=O) groups is 1. The first-order valence-corrected chi connectivity index (χ1v) is 7.58. The molecule has 0 aliphatic heterocycles. The smallest absolute Gasteiger partial charge is 0.277 e. The second-order valence-corrected chi connectivity index (χ2v) is 6.27. The number of halogens is 2. The van der Waals surface area contributed by atoms with Crippen LogP contribution in [0, 0.1) is 6.92 Å². The average Bonchev–Trinajstić information content (AvgIpc) is 2.85. The summed E-state index contributed by atoms with van der Waals surface area (Å²) in [5.41, 5.74) is 2.38. The standard InChI is InChI=1S/C14H12Cl2N2O2S/c1-9-2-4-11(21-9)7-17-18-14(19)8-20-13-6-10(15)3-5-12(13)16/h2-7H,8H2,1H3,(H,18,19)/b17-7+. The second kappa shape index (κ2) is 7.45. The molecule has 0 bridgehead atoms. The molecule has 0 spiro atoms. The highest BCUT2D eigenvalue weighted by atomic mass is 35.5. The molecule has 21 heavy (non-hydrogen) atoms. The van der Waals surface area contributed by atoms with Crippen molar-refractivity contribution in [2.24, 2.45) is 5.10 Å². The van der Waals surface area contributed by atoms with Gasteiger partial charge < -0.3 is 4.74 Å². The topological polar surface area (TPSA) is 50.7 Å². The number of thiophene rings is 1. The van der Waals surface area contributed by atoms with Crippen molar-refractivity contribution < 1.29 is 9.53 Å². The van der Waals surface area contributed by atoms with Crippen LogP contribution in [0.5, 0.6) is 5.75 Å². The Labute approximate surface area is 136 Å². The third-order valence-corrected chi connectivity index (χ3v) is 3.88. The number of nitrogens with zero attached hydrogens (tertiary/aromatic N) is 1. The van der Waals surface area contributed by atoms with E-state index in [1.54, 1.807) is 35.8 Å². The van der Waals surface area contributed by atoms with E-state index in [1.165, 1.54) is 4.88 Å². The summed E-state index contributed by atoms with van der Waals surface area (Å²) in [6, 6.07) is 8.71. The van der Waals surface area contributed by atoms with Gasteiger partial charge in [-0.05, 0) is 31.2 Å². The van der Waals surface area contributed by atoms with Gasteiger partial charge in [0.15, 0.2) is 6.61 Å². The Morgan fingerprint density at radius 2 is 2.19 bits per heavy atom. The van der Waals surface area contributed by atoms with Crippen LogP contribution in [0.25, 0.3) is 0 Å². The first-order valence-electron chi connectivity index (χ1n) is 6.01. The maximum atomic E-state index is 11.6. The summed E-state index contributed by atoms with van der Waals surface area (Å²) in [4.78, 5) is 13.7. The Balaban J connectivity index is 1.82. The van der Waals surface area contributed by atoms with Crippen LogP contribution in [0.15, 0.2) is 35.4 Å². The number of ether oxygens (including phenoxy) is 1. The molecule has 2 aromatic rings. The maximum absolute atomic E-state index is 11.6. The molecule has 0 saturated carbocycles. The van der Waals surface area contributed by atoms with Crippen molar-refractivity contribution in [2.45, 2.75) is 6.92 Å². The predicted octanol–water partition coefficient (Wildman–Crippen LogP) is 3.89. The Morgan fingerprint density at radius 3 is 2.90 bits per heavy atom. The molecule has 1 aromatic carbocycles. The Hall–Kier alpha value is -1.56. The van der Waals surface area contributed by atoms with Gasteiger partial charge in [0, 0.05) is 20.8 Å². The van der Waals surface area contributed by atoms with Crippen LogP contribution < -0.4 is 10.2 Å². The van der Waals surface area contributed by atoms with E-state index >= 15 is 0 Å². The molecule has 1 N–H and O–H groups in total. The molecule has 4 nitrogen and oxygen atoms in total. The molecule has 1 amide bonds. The first-order chi connectivity index (χ1) is 10.0. The zero-order valence-electron chi connectivity index (χ0n) is 11.1. The summed E-state index contributed by atoms with van der Waals surface area (Å²) < 4.78 is 5.29. The van der Waals surface area contributed by atoms with Gasteiger partial charge in [0.1, 0.15) is 5.75 Å². The van der Waals surface area contributed by atoms with Crippen LogP contribution >= 0.6 is 34.5 Å². The van der Waals surface area contributed by atoms with Gasteiger partial charge in [0.05, 0.1) is 11.2 Å². The van der Waals surface area contributed by atoms with E-state index in [2.05, 4.69) is 10.5 Å². The normalized spacial score (nSPS) is 10.8. The molecule has 7 heteroatoms. The highest BCUT2D eigenvalue weighted by Gasteiger charge is 2.06. The van der Waals surface area contributed by atoms with E-state index in [4.69, 9.17) is 27.9 Å². The van der Waals surface area contributed by atoms with Crippen molar-refractivity contribution in [1.29, 1.82) is 0 Å². The largest absolute Gasteiger partial charge is 0.482 e. The quantitative estimate of drug-likeness (QED) is 0.661. The lowest BCUT2D eigenvalue weighted by Crippen LogP contribution is -2.24. The van der Waals surface area contributed by atoms with Crippen LogP contribution in [0.2, 0.25) is 10.0 Å². The average molecular weight is 343 g/mol. The molecular weight excluding hydrogens is 331 g/mol. The fourth-order valence-corrected chi connectivity index (χ4v) is 2.54. The van der Waals surface area contributed by atoms with Crippen molar-refractivity contribution in [3.63, 3.8) is 0 Å². The fraction of sp³-hybridized carbons (Fsp3) is 0.143. The first kappa shape index (κ1) is 15.8. The van der Waals surface area contributed by atoms with Gasteiger partial charge in [-0.1, -0.05) is 23.2 Å². The molecule has 0 radical (unpaired) electrons. The SMILES string of the molecule is Cc1ccc(/C=N/NC(=O)COc2cc(Cl)ccc2Cl)s1. The second-order valence-electron chi connectivity index (χ2n) is 4.11. The van der Waals surface area contributed by atoms with Gasteiger partial charge >= 0.3 is 0 Å². The third kappa shape index (κ3) is 5.04. The minimum Gasteiger partial charge on any atom is -0.482 e. The Morgan fingerprint density at radius 1 is 1.38 bits per heavy atom. The molecule has 0 atom stereocenters. The number of hydrogen-bond acceptors (Lipinski definition) is 4. The zero-order chi connectivity index (χ0) is 15.2. The maximum Gasteiger partial charge on any atom is 0.277 e. The van der Waals surface area contributed by atoms with Crippen LogP contribution in [-0.4, -0.2) is 18.7 Å². The number of carbonyl (C=O) groups excluding carboxylic acids is 1. The van der Waals surface area contributed by atoms with Crippen LogP contribution in [0.1, 0.15) is 9.75 Å². The van der Waals surface area contributed by atoms with E-state index < -0.39 is 0 Å². The van der Waals surface area contributed by atoms with Gasteiger partial charge in [-0.25, -0.2) is 5.43 Å². The van der Waals surface area contributed by atoms with E-state index in [-0.39, 0.29) is 12.5 Å². The summed E-state index contributed by atoms with van der Waals surface area (Å²) in [5.74, 6) is -0.0206. The van der Waals surface area contributed by atoms with Crippen LogP contribution in [0.3, 0.4) is 0 Å². The van der Waals surface area contributed by atoms with E-state index in [9.17, 15) is 4.79 Å². The van der Waals surface area contributed by atoms with Gasteiger partial charge in [0.2, 0.25) is 0 Å². The number of hydrazone groups is 1. The lowest BCUT2D eigenvalue weighted by molar-refractivity contribution is -0.123. The number of rotatable bonds is 5. The number of amides is 1. The van der Waals surface area contributed by atoms with Gasteiger partial charge in [-0.3, -0.25) is 4.79 Å². The number of nitrogens with one attached hydrogen (secondary N) is 1. The Kier molecular flexibility index (Phi) is 5.61. The summed E-state index contributed by atoms with van der Waals surface area (Å²) in [6.07, 6.45) is 1.59. The summed E-state index contributed by atoms with van der Waals surface area (Å²) in [6.45, 7) is 1.81. The van der Waals surface area contributed by atoms with E-state index in [0.29, 0.717) is 15.8 Å². The predicted molar refractivity (Wildman–Crippen MR) is 86.7 cm³/mol. The lowest BCUT2D eigenvalue weighted by atomic mass is 10.3. The van der Waals surface area contributed by atoms with Crippen molar-refractivity contribution in [3.8, 4) is 5.75 Å². The molecular formula is C14H12Cl2N2O2S.